The van der Waals surface area contributed by atoms with Crippen molar-refractivity contribution in [1.82, 2.24) is 9.24 Å². The lowest BCUT2D eigenvalue weighted by atomic mass is 10.0. The van der Waals surface area contributed by atoms with Crippen molar-refractivity contribution in [3.05, 3.63) is 37.7 Å². The highest BCUT2D eigenvalue weighted by molar-refractivity contribution is 6.38. The Morgan fingerprint density at radius 2 is 2.00 bits per heavy atom. The lowest BCUT2D eigenvalue weighted by Gasteiger charge is -2.23. The lowest BCUT2D eigenvalue weighted by molar-refractivity contribution is 0.487. The van der Waals surface area contributed by atoms with E-state index in [0.29, 0.717) is 17.8 Å². The number of nitrogens with zero attached hydrogens (tertiary/aromatic N) is 3. The van der Waals surface area contributed by atoms with Crippen LogP contribution in [0.4, 0.5) is 10.1 Å². The molecule has 4 rings (SSSR count). The SMILES string of the molecule is C[C@H](N)C1CCN(c2c(F)cc3c(=O)n(N)c(=O)n(C4CC4)c3c2Cl)C1. The molecule has 1 aliphatic heterocycles. The van der Waals surface area contributed by atoms with E-state index in [4.69, 9.17) is 23.2 Å². The van der Waals surface area contributed by atoms with Crippen LogP contribution in [-0.2, 0) is 0 Å². The van der Waals surface area contributed by atoms with E-state index in [1.54, 1.807) is 0 Å². The molecule has 7 nitrogen and oxygen atoms in total. The van der Waals surface area contributed by atoms with Gasteiger partial charge >= 0.3 is 5.69 Å². The molecule has 0 spiro atoms. The molecule has 1 aromatic carbocycles. The number of nitrogens with two attached hydrogens (primary N) is 2. The van der Waals surface area contributed by atoms with Crippen LogP contribution in [0, 0.1) is 11.7 Å². The average Bonchev–Trinajstić information content (AvgIpc) is 3.30. The number of nitrogen functional groups attached to an aromatic ring is 1. The number of hydrogen-bond acceptors (Lipinski definition) is 5. The minimum absolute atomic E-state index is 0.00335. The summed E-state index contributed by atoms with van der Waals surface area (Å²) in [5, 5.41) is 0.111. The highest BCUT2D eigenvalue weighted by atomic mass is 35.5. The summed E-state index contributed by atoms with van der Waals surface area (Å²) in [7, 11) is 0. The summed E-state index contributed by atoms with van der Waals surface area (Å²) in [5.41, 5.74) is 5.10. The maximum absolute atomic E-state index is 14.9. The first-order chi connectivity index (χ1) is 12.3. The number of halogens is 2. The maximum Gasteiger partial charge on any atom is 0.350 e. The highest BCUT2D eigenvalue weighted by Gasteiger charge is 2.33. The third-order valence-electron chi connectivity index (χ3n) is 5.47. The van der Waals surface area contributed by atoms with E-state index >= 15 is 0 Å². The van der Waals surface area contributed by atoms with Crippen molar-refractivity contribution in [3.63, 3.8) is 0 Å². The van der Waals surface area contributed by atoms with Crippen LogP contribution in [0.1, 0.15) is 32.2 Å². The molecular weight excluding hydrogens is 361 g/mol. The van der Waals surface area contributed by atoms with Gasteiger partial charge in [-0.3, -0.25) is 9.36 Å². The Balaban J connectivity index is 1.97. The molecule has 1 unspecified atom stereocenters. The van der Waals surface area contributed by atoms with Gasteiger partial charge in [-0.05, 0) is 38.2 Å². The zero-order valence-corrected chi connectivity index (χ0v) is 15.2. The monoisotopic (exact) mass is 381 g/mol. The van der Waals surface area contributed by atoms with E-state index in [9.17, 15) is 14.0 Å². The van der Waals surface area contributed by atoms with Crippen LogP contribution in [0.15, 0.2) is 15.7 Å². The Kier molecular flexibility index (Phi) is 4.00. The molecule has 0 radical (unpaired) electrons. The molecule has 1 saturated carbocycles. The topological polar surface area (TPSA) is 99.3 Å². The summed E-state index contributed by atoms with van der Waals surface area (Å²) in [6, 6.07) is 1.07. The Labute approximate surface area is 153 Å². The summed E-state index contributed by atoms with van der Waals surface area (Å²) < 4.78 is 16.8. The normalized spacial score (nSPS) is 21.5. The van der Waals surface area contributed by atoms with E-state index in [1.165, 1.54) is 4.57 Å². The Morgan fingerprint density at radius 1 is 1.31 bits per heavy atom. The number of benzene rings is 1. The van der Waals surface area contributed by atoms with E-state index in [2.05, 4.69) is 0 Å². The number of anilines is 1. The predicted octanol–water partition coefficient (Wildman–Crippen LogP) is 1.18. The molecule has 9 heteroatoms. The fraction of sp³-hybridized carbons (Fsp3) is 0.529. The largest absolute Gasteiger partial charge is 0.368 e. The Morgan fingerprint density at radius 3 is 2.58 bits per heavy atom. The molecule has 1 aromatic heterocycles. The van der Waals surface area contributed by atoms with Crippen LogP contribution in [0.3, 0.4) is 0 Å². The molecule has 2 atom stereocenters. The number of hydrogen-bond donors (Lipinski definition) is 2. The fourth-order valence-corrected chi connectivity index (χ4v) is 4.21. The van der Waals surface area contributed by atoms with Gasteiger partial charge in [0, 0.05) is 25.2 Å². The number of aromatic nitrogens is 2. The molecule has 1 aliphatic carbocycles. The van der Waals surface area contributed by atoms with Crippen molar-refractivity contribution in [2.24, 2.45) is 11.7 Å². The first kappa shape index (κ1) is 17.4. The molecule has 26 heavy (non-hydrogen) atoms. The van der Waals surface area contributed by atoms with E-state index in [0.717, 1.165) is 25.3 Å². The van der Waals surface area contributed by atoms with Crippen LogP contribution in [-0.4, -0.2) is 28.4 Å². The summed E-state index contributed by atoms with van der Waals surface area (Å²) >= 11 is 6.57. The minimum Gasteiger partial charge on any atom is -0.368 e. The highest BCUT2D eigenvalue weighted by Crippen LogP contribution is 2.41. The first-order valence-corrected chi connectivity index (χ1v) is 9.14. The molecule has 0 amide bonds. The second-order valence-electron chi connectivity index (χ2n) is 7.33. The van der Waals surface area contributed by atoms with Crippen molar-refractivity contribution < 1.29 is 4.39 Å². The van der Waals surface area contributed by atoms with Gasteiger partial charge in [0.1, 0.15) is 5.82 Å². The molecular formula is C17H21ClFN5O2. The standard InChI is InChI=1S/C17H21ClFN5O2/c1-8(20)9-4-5-22(7-9)15-12(19)6-11-14(13(15)18)23(10-2-3-10)17(26)24(21)16(11)25/h6,8-10H,2-5,7,20-21H2,1H3/t8-,9?/m0/s1. The van der Waals surface area contributed by atoms with Crippen LogP contribution < -0.4 is 27.7 Å². The molecule has 2 aliphatic rings. The molecule has 0 bridgehead atoms. The van der Waals surface area contributed by atoms with Crippen molar-refractivity contribution in [1.29, 1.82) is 0 Å². The molecule has 2 aromatic rings. The average molecular weight is 382 g/mol. The Hall–Kier alpha value is -2.06. The smallest absolute Gasteiger partial charge is 0.350 e. The number of fused-ring (bicyclic) bond motifs is 1. The first-order valence-electron chi connectivity index (χ1n) is 8.76. The van der Waals surface area contributed by atoms with Crippen molar-refractivity contribution in [3.8, 4) is 0 Å². The van der Waals surface area contributed by atoms with Gasteiger partial charge in [-0.1, -0.05) is 11.6 Å². The molecule has 2 fully saturated rings. The summed E-state index contributed by atoms with van der Waals surface area (Å²) in [4.78, 5) is 26.8. The molecule has 2 heterocycles. The summed E-state index contributed by atoms with van der Waals surface area (Å²) in [6.45, 7) is 3.14. The molecule has 4 N–H and O–H groups in total. The summed E-state index contributed by atoms with van der Waals surface area (Å²) in [5.74, 6) is 5.26. The lowest BCUT2D eigenvalue weighted by Crippen LogP contribution is -2.44. The maximum atomic E-state index is 14.9. The molecule has 1 saturated heterocycles. The van der Waals surface area contributed by atoms with Gasteiger partial charge in [-0.15, -0.1) is 0 Å². The quantitative estimate of drug-likeness (QED) is 0.778. The van der Waals surface area contributed by atoms with Crippen molar-refractivity contribution in [2.45, 2.75) is 38.3 Å². The van der Waals surface area contributed by atoms with Gasteiger partial charge in [0.15, 0.2) is 0 Å². The second kappa shape index (κ2) is 5.99. The summed E-state index contributed by atoms with van der Waals surface area (Å²) in [6.07, 6.45) is 2.44. The van der Waals surface area contributed by atoms with Crippen LogP contribution in [0.5, 0.6) is 0 Å². The van der Waals surface area contributed by atoms with Crippen LogP contribution in [0.25, 0.3) is 10.9 Å². The third-order valence-corrected chi connectivity index (χ3v) is 5.83. The Bertz CT molecular complexity index is 1010. The van der Waals surface area contributed by atoms with Gasteiger partial charge < -0.3 is 16.5 Å². The zero-order chi connectivity index (χ0) is 18.7. The van der Waals surface area contributed by atoms with Crippen molar-refractivity contribution in [2.75, 3.05) is 23.8 Å². The number of rotatable bonds is 3. The van der Waals surface area contributed by atoms with E-state index in [-0.39, 0.29) is 39.6 Å². The van der Waals surface area contributed by atoms with E-state index < -0.39 is 17.1 Å². The predicted molar refractivity (Wildman–Crippen MR) is 99.8 cm³/mol. The van der Waals surface area contributed by atoms with Gasteiger partial charge in [-0.25, -0.2) is 9.18 Å². The third kappa shape index (κ3) is 2.51. The van der Waals surface area contributed by atoms with Crippen molar-refractivity contribution >= 4 is 28.2 Å². The second-order valence-corrected chi connectivity index (χ2v) is 7.71. The molecule has 140 valence electrons. The van der Waals surface area contributed by atoms with Crippen LogP contribution in [0.2, 0.25) is 5.02 Å². The van der Waals surface area contributed by atoms with Gasteiger partial charge in [-0.2, -0.15) is 4.68 Å². The van der Waals surface area contributed by atoms with Gasteiger partial charge in [0.05, 0.1) is 21.6 Å². The van der Waals surface area contributed by atoms with Gasteiger partial charge in [0.2, 0.25) is 0 Å². The van der Waals surface area contributed by atoms with Gasteiger partial charge in [0.25, 0.3) is 5.56 Å². The minimum atomic E-state index is -0.746. The van der Waals surface area contributed by atoms with Crippen LogP contribution >= 0.6 is 11.6 Å². The fourth-order valence-electron chi connectivity index (χ4n) is 3.81. The zero-order valence-electron chi connectivity index (χ0n) is 14.4. The van der Waals surface area contributed by atoms with E-state index in [1.807, 2.05) is 11.8 Å².